The maximum Gasteiger partial charge on any atom is 0.0753 e. The third kappa shape index (κ3) is 3.20. The van der Waals surface area contributed by atoms with E-state index in [1.807, 2.05) is 10.9 Å². The fraction of sp³-hybridized carbons (Fsp3) is 0.750. The lowest BCUT2D eigenvalue weighted by Gasteiger charge is -2.16. The summed E-state index contributed by atoms with van der Waals surface area (Å²) in [5, 5.41) is 7.84. The Hall–Kier alpha value is -1.07. The molecule has 17 heavy (non-hydrogen) atoms. The molecule has 1 N–H and O–H groups in total. The van der Waals surface area contributed by atoms with Crippen LogP contribution in [0.25, 0.3) is 0 Å². The topological polar surface area (TPSA) is 42.3 Å². The van der Waals surface area contributed by atoms with E-state index in [2.05, 4.69) is 28.4 Å². The van der Waals surface area contributed by atoms with Crippen molar-refractivity contribution >= 4 is 5.69 Å². The van der Waals surface area contributed by atoms with Gasteiger partial charge in [0.05, 0.1) is 25.0 Å². The lowest BCUT2D eigenvalue weighted by molar-refractivity contribution is 0.183. The van der Waals surface area contributed by atoms with Gasteiger partial charge in [-0.2, -0.15) is 5.10 Å². The van der Waals surface area contributed by atoms with Crippen molar-refractivity contribution in [1.29, 1.82) is 0 Å². The molecule has 0 saturated carbocycles. The molecule has 0 aromatic carbocycles. The molecule has 0 aliphatic carbocycles. The summed E-state index contributed by atoms with van der Waals surface area (Å²) in [7, 11) is 1.71. The molecule has 5 heteroatoms. The van der Waals surface area contributed by atoms with Crippen molar-refractivity contribution in [2.45, 2.75) is 25.9 Å². The van der Waals surface area contributed by atoms with Crippen molar-refractivity contribution in [2.24, 2.45) is 0 Å². The lowest BCUT2D eigenvalue weighted by atomic mass is 10.3. The van der Waals surface area contributed by atoms with E-state index in [0.717, 1.165) is 26.2 Å². The van der Waals surface area contributed by atoms with E-state index >= 15 is 0 Å². The standard InChI is InChI=1S/C12H22N4O/c1-3-13-11-4-5-15(9-11)12-8-14-16(10-12)6-7-17-2/h8,10-11,13H,3-7,9H2,1-2H3. The highest BCUT2D eigenvalue weighted by Gasteiger charge is 2.22. The van der Waals surface area contributed by atoms with E-state index in [-0.39, 0.29) is 0 Å². The predicted octanol–water partition coefficient (Wildman–Crippen LogP) is 0.718. The summed E-state index contributed by atoms with van der Waals surface area (Å²) in [6, 6.07) is 0.627. The number of rotatable bonds is 6. The van der Waals surface area contributed by atoms with Gasteiger partial charge in [-0.1, -0.05) is 6.92 Å². The molecule has 0 bridgehead atoms. The van der Waals surface area contributed by atoms with E-state index in [4.69, 9.17) is 4.74 Å². The Morgan fingerprint density at radius 2 is 2.47 bits per heavy atom. The normalized spacial score (nSPS) is 20.1. The molecule has 1 saturated heterocycles. The van der Waals surface area contributed by atoms with E-state index in [1.165, 1.54) is 12.1 Å². The summed E-state index contributed by atoms with van der Waals surface area (Å²) in [5.41, 5.74) is 1.22. The average Bonchev–Trinajstić information content (AvgIpc) is 2.95. The quantitative estimate of drug-likeness (QED) is 0.793. The number of nitrogens with one attached hydrogen (secondary N) is 1. The van der Waals surface area contributed by atoms with Crippen molar-refractivity contribution < 1.29 is 4.74 Å². The maximum absolute atomic E-state index is 5.05. The van der Waals surface area contributed by atoms with Crippen LogP contribution in [0.15, 0.2) is 12.4 Å². The van der Waals surface area contributed by atoms with Gasteiger partial charge in [0.2, 0.25) is 0 Å². The summed E-state index contributed by atoms with van der Waals surface area (Å²) in [6.07, 6.45) is 5.27. The fourth-order valence-corrected chi connectivity index (χ4v) is 2.27. The first kappa shape index (κ1) is 12.4. The summed E-state index contributed by atoms with van der Waals surface area (Å²) in [4.78, 5) is 2.39. The van der Waals surface area contributed by atoms with Crippen LogP contribution < -0.4 is 10.2 Å². The lowest BCUT2D eigenvalue weighted by Crippen LogP contribution is -2.32. The minimum absolute atomic E-state index is 0.627. The van der Waals surface area contributed by atoms with Crippen LogP contribution in [0.3, 0.4) is 0 Å². The van der Waals surface area contributed by atoms with Gasteiger partial charge in [0.25, 0.3) is 0 Å². The highest BCUT2D eigenvalue weighted by molar-refractivity contribution is 5.43. The van der Waals surface area contributed by atoms with E-state index in [9.17, 15) is 0 Å². The summed E-state index contributed by atoms with van der Waals surface area (Å²) < 4.78 is 6.99. The van der Waals surface area contributed by atoms with E-state index in [0.29, 0.717) is 12.6 Å². The second kappa shape index (κ2) is 6.02. The third-order valence-corrected chi connectivity index (χ3v) is 3.19. The SMILES string of the molecule is CCNC1CCN(c2cnn(CCOC)c2)C1. The monoisotopic (exact) mass is 238 g/mol. The molecule has 0 radical (unpaired) electrons. The van der Waals surface area contributed by atoms with Gasteiger partial charge in [0.1, 0.15) is 0 Å². The van der Waals surface area contributed by atoms with Crippen molar-refractivity contribution in [3.63, 3.8) is 0 Å². The van der Waals surface area contributed by atoms with E-state index in [1.54, 1.807) is 7.11 Å². The fourth-order valence-electron chi connectivity index (χ4n) is 2.27. The van der Waals surface area contributed by atoms with Gasteiger partial charge in [-0.15, -0.1) is 0 Å². The molecular weight excluding hydrogens is 216 g/mol. The molecule has 1 aromatic rings. The van der Waals surface area contributed by atoms with Crippen molar-refractivity contribution in [2.75, 3.05) is 38.3 Å². The Kier molecular flexibility index (Phi) is 4.39. The summed E-state index contributed by atoms with van der Waals surface area (Å²) in [5.74, 6) is 0. The Bertz CT molecular complexity index is 339. The Balaban J connectivity index is 1.88. The molecule has 2 heterocycles. The highest BCUT2D eigenvalue weighted by Crippen LogP contribution is 2.19. The van der Waals surface area contributed by atoms with Crippen molar-refractivity contribution in [3.8, 4) is 0 Å². The Morgan fingerprint density at radius 1 is 1.59 bits per heavy atom. The van der Waals surface area contributed by atoms with Gasteiger partial charge in [-0.25, -0.2) is 0 Å². The molecule has 2 rings (SSSR count). The molecule has 5 nitrogen and oxygen atoms in total. The van der Waals surface area contributed by atoms with Crippen LogP contribution in [0.4, 0.5) is 5.69 Å². The molecule has 1 aliphatic heterocycles. The summed E-state index contributed by atoms with van der Waals surface area (Å²) >= 11 is 0. The number of methoxy groups -OCH3 is 1. The molecule has 1 fully saturated rings. The van der Waals surface area contributed by atoms with Crippen LogP contribution in [0.1, 0.15) is 13.3 Å². The molecule has 1 unspecified atom stereocenters. The first-order valence-electron chi connectivity index (χ1n) is 6.33. The van der Waals surface area contributed by atoms with Crippen molar-refractivity contribution in [3.05, 3.63) is 12.4 Å². The largest absolute Gasteiger partial charge is 0.383 e. The molecule has 1 aliphatic rings. The number of nitrogens with zero attached hydrogens (tertiary/aromatic N) is 3. The molecule has 1 atom stereocenters. The smallest absolute Gasteiger partial charge is 0.0753 e. The van der Waals surface area contributed by atoms with Crippen molar-refractivity contribution in [1.82, 2.24) is 15.1 Å². The molecule has 1 aromatic heterocycles. The predicted molar refractivity (Wildman–Crippen MR) is 68.4 cm³/mol. The molecule has 0 spiro atoms. The van der Waals surface area contributed by atoms with Gasteiger partial charge < -0.3 is 15.0 Å². The van der Waals surface area contributed by atoms with E-state index < -0.39 is 0 Å². The van der Waals surface area contributed by atoms with Crippen LogP contribution in [-0.4, -0.2) is 49.2 Å². The van der Waals surface area contributed by atoms with Crippen LogP contribution in [-0.2, 0) is 11.3 Å². The molecule has 96 valence electrons. The van der Waals surface area contributed by atoms with Gasteiger partial charge in [0.15, 0.2) is 0 Å². The minimum atomic E-state index is 0.627. The van der Waals surface area contributed by atoms with Crippen LogP contribution in [0, 0.1) is 0 Å². The van der Waals surface area contributed by atoms with Gasteiger partial charge in [0, 0.05) is 32.4 Å². The zero-order valence-corrected chi connectivity index (χ0v) is 10.7. The highest BCUT2D eigenvalue weighted by atomic mass is 16.5. The third-order valence-electron chi connectivity index (χ3n) is 3.19. The number of anilines is 1. The zero-order chi connectivity index (χ0) is 12.1. The second-order valence-electron chi connectivity index (χ2n) is 4.44. The Morgan fingerprint density at radius 3 is 3.24 bits per heavy atom. The number of likely N-dealkylation sites (N-methyl/N-ethyl adjacent to an activating group) is 1. The Labute approximate surface area is 103 Å². The number of ether oxygens (including phenoxy) is 1. The first-order chi connectivity index (χ1) is 8.33. The number of hydrogen-bond acceptors (Lipinski definition) is 4. The van der Waals surface area contributed by atoms with Gasteiger partial charge in [-0.3, -0.25) is 4.68 Å². The number of hydrogen-bond donors (Lipinski definition) is 1. The zero-order valence-electron chi connectivity index (χ0n) is 10.7. The molecule has 0 amide bonds. The maximum atomic E-state index is 5.05. The summed E-state index contributed by atoms with van der Waals surface area (Å²) in [6.45, 7) is 6.94. The number of aromatic nitrogens is 2. The van der Waals surface area contributed by atoms with Crippen LogP contribution >= 0.6 is 0 Å². The minimum Gasteiger partial charge on any atom is -0.383 e. The van der Waals surface area contributed by atoms with Crippen LogP contribution in [0.2, 0.25) is 0 Å². The second-order valence-corrected chi connectivity index (χ2v) is 4.44. The average molecular weight is 238 g/mol. The van der Waals surface area contributed by atoms with Gasteiger partial charge >= 0.3 is 0 Å². The van der Waals surface area contributed by atoms with Gasteiger partial charge in [-0.05, 0) is 13.0 Å². The first-order valence-corrected chi connectivity index (χ1v) is 6.33. The van der Waals surface area contributed by atoms with Crippen LogP contribution in [0.5, 0.6) is 0 Å². The molecular formula is C12H22N4O.